The first-order chi connectivity index (χ1) is 6.97. The Morgan fingerprint density at radius 2 is 2.27 bits per heavy atom. The average molecular weight is 216 g/mol. The van der Waals surface area contributed by atoms with Crippen molar-refractivity contribution in [2.24, 2.45) is 0 Å². The van der Waals surface area contributed by atoms with Crippen molar-refractivity contribution in [3.05, 3.63) is 0 Å². The largest absolute Gasteiger partial charge is 0.443 e. The summed E-state index contributed by atoms with van der Waals surface area (Å²) in [7, 11) is 0. The van der Waals surface area contributed by atoms with E-state index >= 15 is 0 Å². The van der Waals surface area contributed by atoms with Crippen LogP contribution in [0.25, 0.3) is 0 Å². The first-order valence-corrected chi connectivity index (χ1v) is 5.31. The summed E-state index contributed by atoms with van der Waals surface area (Å²) in [5.41, 5.74) is 4.81. The van der Waals surface area contributed by atoms with Gasteiger partial charge in [-0.2, -0.15) is 0 Å². The van der Waals surface area contributed by atoms with Crippen molar-refractivity contribution in [1.82, 2.24) is 10.9 Å². The van der Waals surface area contributed by atoms with Gasteiger partial charge in [-0.15, -0.1) is 0 Å². The summed E-state index contributed by atoms with van der Waals surface area (Å²) in [6, 6.07) is 0. The molecular formula is C10H20N2O3. The van der Waals surface area contributed by atoms with E-state index in [2.05, 4.69) is 10.9 Å². The van der Waals surface area contributed by atoms with Crippen molar-refractivity contribution >= 4 is 6.09 Å². The lowest BCUT2D eigenvalue weighted by Crippen LogP contribution is -2.44. The van der Waals surface area contributed by atoms with Gasteiger partial charge in [-0.3, -0.25) is 5.43 Å². The maximum absolute atomic E-state index is 11.2. The van der Waals surface area contributed by atoms with Crippen LogP contribution in [0.3, 0.4) is 0 Å². The number of hydrazine groups is 1. The highest BCUT2D eigenvalue weighted by molar-refractivity contribution is 5.66. The standard InChI is InChI=1S/C10H20N2O3/c1-10(2,3)15-9(13)12-11-7-8-5-4-6-14-8/h8,11H,4-7H2,1-3H3,(H,12,13). The molecule has 1 heterocycles. The average Bonchev–Trinajstić information content (AvgIpc) is 2.53. The van der Waals surface area contributed by atoms with Crippen molar-refractivity contribution in [1.29, 1.82) is 0 Å². The Hall–Kier alpha value is -0.810. The highest BCUT2D eigenvalue weighted by Gasteiger charge is 2.17. The zero-order chi connectivity index (χ0) is 11.3. The molecule has 0 aromatic heterocycles. The number of carbonyl (C=O) groups excluding carboxylic acids is 1. The first kappa shape index (κ1) is 12.3. The van der Waals surface area contributed by atoms with E-state index in [9.17, 15) is 4.79 Å². The Bertz CT molecular complexity index is 207. The summed E-state index contributed by atoms with van der Waals surface area (Å²) in [6.07, 6.45) is 1.89. The molecule has 2 N–H and O–H groups in total. The van der Waals surface area contributed by atoms with Gasteiger partial charge < -0.3 is 9.47 Å². The molecule has 1 rings (SSSR count). The lowest BCUT2D eigenvalue weighted by atomic mass is 10.2. The second kappa shape index (κ2) is 5.32. The predicted molar refractivity (Wildman–Crippen MR) is 56.3 cm³/mol. The fraction of sp³-hybridized carbons (Fsp3) is 0.900. The van der Waals surface area contributed by atoms with Gasteiger partial charge in [-0.25, -0.2) is 10.2 Å². The topological polar surface area (TPSA) is 59.6 Å². The van der Waals surface area contributed by atoms with Crippen LogP contribution in [0.1, 0.15) is 33.6 Å². The summed E-state index contributed by atoms with van der Waals surface area (Å²) in [4.78, 5) is 11.2. The number of hydrogen-bond acceptors (Lipinski definition) is 4. The Labute approximate surface area is 90.5 Å². The summed E-state index contributed by atoms with van der Waals surface area (Å²) >= 11 is 0. The number of carbonyl (C=O) groups is 1. The van der Waals surface area contributed by atoms with Gasteiger partial charge in [0.1, 0.15) is 5.60 Å². The molecule has 0 aromatic carbocycles. The molecular weight excluding hydrogens is 196 g/mol. The fourth-order valence-electron chi connectivity index (χ4n) is 1.35. The minimum absolute atomic E-state index is 0.208. The minimum Gasteiger partial charge on any atom is -0.443 e. The van der Waals surface area contributed by atoms with Crippen molar-refractivity contribution in [2.45, 2.75) is 45.3 Å². The highest BCUT2D eigenvalue weighted by atomic mass is 16.6. The molecule has 0 aromatic rings. The van der Waals surface area contributed by atoms with Gasteiger partial charge in [0.2, 0.25) is 0 Å². The van der Waals surface area contributed by atoms with Gasteiger partial charge in [0.25, 0.3) is 0 Å². The molecule has 15 heavy (non-hydrogen) atoms. The van der Waals surface area contributed by atoms with Crippen LogP contribution in [0.15, 0.2) is 0 Å². The summed E-state index contributed by atoms with van der Waals surface area (Å²) < 4.78 is 10.4. The third-order valence-electron chi connectivity index (χ3n) is 1.94. The van der Waals surface area contributed by atoms with E-state index in [0.29, 0.717) is 6.54 Å². The van der Waals surface area contributed by atoms with Crippen LogP contribution in [0.4, 0.5) is 4.79 Å². The third kappa shape index (κ3) is 5.59. The Morgan fingerprint density at radius 1 is 1.53 bits per heavy atom. The molecule has 0 bridgehead atoms. The number of rotatable bonds is 3. The van der Waals surface area contributed by atoms with Gasteiger partial charge in [0, 0.05) is 13.2 Å². The van der Waals surface area contributed by atoms with Gasteiger partial charge in [0.15, 0.2) is 0 Å². The molecule has 1 aliphatic heterocycles. The van der Waals surface area contributed by atoms with Crippen LogP contribution in [0, 0.1) is 0 Å². The minimum atomic E-state index is -0.463. The molecule has 88 valence electrons. The third-order valence-corrected chi connectivity index (χ3v) is 1.94. The number of ether oxygens (including phenoxy) is 2. The highest BCUT2D eigenvalue weighted by Crippen LogP contribution is 2.10. The van der Waals surface area contributed by atoms with Crippen molar-refractivity contribution < 1.29 is 14.3 Å². The van der Waals surface area contributed by atoms with Crippen LogP contribution in [0.5, 0.6) is 0 Å². The van der Waals surface area contributed by atoms with Crippen molar-refractivity contribution in [3.63, 3.8) is 0 Å². The Morgan fingerprint density at radius 3 is 2.80 bits per heavy atom. The van der Waals surface area contributed by atoms with E-state index in [0.717, 1.165) is 19.4 Å². The lowest BCUT2D eigenvalue weighted by molar-refractivity contribution is 0.0474. The van der Waals surface area contributed by atoms with Crippen molar-refractivity contribution in [3.8, 4) is 0 Å². The van der Waals surface area contributed by atoms with E-state index in [-0.39, 0.29) is 6.10 Å². The molecule has 0 radical (unpaired) electrons. The Balaban J connectivity index is 2.06. The van der Waals surface area contributed by atoms with Crippen LogP contribution in [0.2, 0.25) is 0 Å². The fourth-order valence-corrected chi connectivity index (χ4v) is 1.35. The molecule has 5 nitrogen and oxygen atoms in total. The molecule has 0 spiro atoms. The summed E-state index contributed by atoms with van der Waals surface area (Å²) in [5, 5.41) is 0. The van der Waals surface area contributed by atoms with Crippen LogP contribution in [-0.4, -0.2) is 30.9 Å². The van der Waals surface area contributed by atoms with Crippen LogP contribution < -0.4 is 10.9 Å². The number of amides is 1. The number of hydrogen-bond donors (Lipinski definition) is 2. The molecule has 1 unspecified atom stereocenters. The van der Waals surface area contributed by atoms with Crippen LogP contribution >= 0.6 is 0 Å². The SMILES string of the molecule is CC(C)(C)OC(=O)NNCC1CCCO1. The molecule has 0 aliphatic carbocycles. The number of nitrogens with one attached hydrogen (secondary N) is 2. The predicted octanol–water partition coefficient (Wildman–Crippen LogP) is 1.19. The van der Waals surface area contributed by atoms with Crippen molar-refractivity contribution in [2.75, 3.05) is 13.2 Å². The zero-order valence-corrected chi connectivity index (χ0v) is 9.63. The second-order valence-electron chi connectivity index (χ2n) is 4.64. The summed E-state index contributed by atoms with van der Waals surface area (Å²) in [6.45, 7) is 6.92. The molecule has 1 atom stereocenters. The van der Waals surface area contributed by atoms with E-state index in [1.807, 2.05) is 20.8 Å². The van der Waals surface area contributed by atoms with E-state index in [1.54, 1.807) is 0 Å². The lowest BCUT2D eigenvalue weighted by Gasteiger charge is -2.20. The summed E-state index contributed by atoms with van der Waals surface area (Å²) in [5.74, 6) is 0. The molecule has 5 heteroatoms. The van der Waals surface area contributed by atoms with E-state index < -0.39 is 11.7 Å². The van der Waals surface area contributed by atoms with E-state index in [4.69, 9.17) is 9.47 Å². The van der Waals surface area contributed by atoms with E-state index in [1.165, 1.54) is 0 Å². The molecule has 1 fully saturated rings. The first-order valence-electron chi connectivity index (χ1n) is 5.31. The molecule has 1 aliphatic rings. The van der Waals surface area contributed by atoms with Gasteiger partial charge in [-0.1, -0.05) is 0 Å². The maximum atomic E-state index is 11.2. The molecule has 1 saturated heterocycles. The zero-order valence-electron chi connectivity index (χ0n) is 9.63. The Kier molecular flexibility index (Phi) is 4.35. The van der Waals surface area contributed by atoms with Gasteiger partial charge in [-0.05, 0) is 33.6 Å². The monoisotopic (exact) mass is 216 g/mol. The maximum Gasteiger partial charge on any atom is 0.422 e. The van der Waals surface area contributed by atoms with Crippen LogP contribution in [-0.2, 0) is 9.47 Å². The second-order valence-corrected chi connectivity index (χ2v) is 4.64. The quantitative estimate of drug-likeness (QED) is 0.696. The smallest absolute Gasteiger partial charge is 0.422 e. The molecule has 0 saturated carbocycles. The van der Waals surface area contributed by atoms with Gasteiger partial charge in [0.05, 0.1) is 6.10 Å². The normalized spacial score (nSPS) is 21.4. The molecule has 1 amide bonds. The van der Waals surface area contributed by atoms with Gasteiger partial charge >= 0.3 is 6.09 Å².